The highest BCUT2D eigenvalue weighted by molar-refractivity contribution is 4.89. The maximum Gasteiger partial charge on any atom is 0.0728 e. The van der Waals surface area contributed by atoms with Crippen molar-refractivity contribution < 1.29 is 4.74 Å². The van der Waals surface area contributed by atoms with Gasteiger partial charge in [0.1, 0.15) is 0 Å². The molecule has 0 aromatic rings. The first kappa shape index (κ1) is 16.0. The van der Waals surface area contributed by atoms with Gasteiger partial charge in [0.2, 0.25) is 0 Å². The molecule has 0 aliphatic heterocycles. The van der Waals surface area contributed by atoms with Crippen molar-refractivity contribution in [2.24, 2.45) is 17.1 Å². The minimum absolute atomic E-state index is 0.260. The number of nitrogens with two attached hydrogens (primary N) is 1. The highest BCUT2D eigenvalue weighted by Gasteiger charge is 2.36. The molecule has 3 unspecified atom stereocenters. The van der Waals surface area contributed by atoms with Gasteiger partial charge in [-0.25, -0.2) is 0 Å². The van der Waals surface area contributed by atoms with Crippen LogP contribution in [0.3, 0.4) is 0 Å². The summed E-state index contributed by atoms with van der Waals surface area (Å²) in [5.41, 5.74) is 6.65. The van der Waals surface area contributed by atoms with E-state index in [1.165, 1.54) is 32.1 Å². The average molecular weight is 255 g/mol. The van der Waals surface area contributed by atoms with E-state index in [1.54, 1.807) is 0 Å². The smallest absolute Gasteiger partial charge is 0.0728 e. The summed E-state index contributed by atoms with van der Waals surface area (Å²) in [6.07, 6.45) is 8.82. The van der Waals surface area contributed by atoms with Gasteiger partial charge in [-0.3, -0.25) is 0 Å². The van der Waals surface area contributed by atoms with Crippen molar-refractivity contribution in [1.29, 1.82) is 0 Å². The van der Waals surface area contributed by atoms with E-state index < -0.39 is 0 Å². The third kappa shape index (κ3) is 4.55. The van der Waals surface area contributed by atoms with Gasteiger partial charge in [-0.1, -0.05) is 47.0 Å². The summed E-state index contributed by atoms with van der Waals surface area (Å²) in [6, 6.07) is 0.260. The maximum atomic E-state index is 6.22. The molecule has 2 nitrogen and oxygen atoms in total. The highest BCUT2D eigenvalue weighted by atomic mass is 16.5. The van der Waals surface area contributed by atoms with Gasteiger partial charge < -0.3 is 10.5 Å². The van der Waals surface area contributed by atoms with Crippen LogP contribution in [-0.2, 0) is 4.74 Å². The van der Waals surface area contributed by atoms with Crippen LogP contribution in [0, 0.1) is 11.3 Å². The quantitative estimate of drug-likeness (QED) is 0.694. The molecular formula is C16H33NO. The predicted molar refractivity (Wildman–Crippen MR) is 78.7 cm³/mol. The second-order valence-corrected chi connectivity index (χ2v) is 6.63. The van der Waals surface area contributed by atoms with Crippen LogP contribution in [0.5, 0.6) is 0 Å². The topological polar surface area (TPSA) is 35.2 Å². The molecule has 18 heavy (non-hydrogen) atoms. The number of unbranched alkanes of at least 4 members (excludes halogenated alkanes) is 2. The lowest BCUT2D eigenvalue weighted by Crippen LogP contribution is -2.45. The van der Waals surface area contributed by atoms with Crippen molar-refractivity contribution in [2.75, 3.05) is 6.61 Å². The zero-order valence-electron chi connectivity index (χ0n) is 12.9. The molecule has 2 heteroatoms. The fourth-order valence-electron chi connectivity index (χ4n) is 2.93. The first-order valence-corrected chi connectivity index (χ1v) is 7.88. The van der Waals surface area contributed by atoms with Crippen molar-refractivity contribution in [3.05, 3.63) is 0 Å². The standard InChI is InChI=1S/C16H33NO/c1-5-7-8-11-18-15-12-13(9-10-14(15)17)16(3,4)6-2/h13-15H,5-12,17H2,1-4H3. The van der Waals surface area contributed by atoms with E-state index in [2.05, 4.69) is 27.7 Å². The molecule has 0 spiro atoms. The molecule has 1 rings (SSSR count). The van der Waals surface area contributed by atoms with Gasteiger partial charge in [0.15, 0.2) is 0 Å². The summed E-state index contributed by atoms with van der Waals surface area (Å²) in [5, 5.41) is 0. The fraction of sp³-hybridized carbons (Fsp3) is 1.00. The summed E-state index contributed by atoms with van der Waals surface area (Å²) in [4.78, 5) is 0. The molecule has 1 saturated carbocycles. The van der Waals surface area contributed by atoms with Crippen LogP contribution in [-0.4, -0.2) is 18.8 Å². The SMILES string of the molecule is CCCCCOC1CC(C(C)(C)CC)CCC1N. The molecule has 3 atom stereocenters. The zero-order valence-corrected chi connectivity index (χ0v) is 12.9. The summed E-state index contributed by atoms with van der Waals surface area (Å²) in [6.45, 7) is 10.2. The molecule has 2 N–H and O–H groups in total. The highest BCUT2D eigenvalue weighted by Crippen LogP contribution is 2.40. The van der Waals surface area contributed by atoms with Gasteiger partial charge in [0, 0.05) is 12.6 Å². The molecule has 0 saturated heterocycles. The Morgan fingerprint density at radius 2 is 1.89 bits per heavy atom. The first-order valence-electron chi connectivity index (χ1n) is 7.88. The average Bonchev–Trinajstić information content (AvgIpc) is 2.36. The Hall–Kier alpha value is -0.0800. The van der Waals surface area contributed by atoms with Crippen LogP contribution in [0.1, 0.15) is 72.6 Å². The van der Waals surface area contributed by atoms with E-state index in [9.17, 15) is 0 Å². The maximum absolute atomic E-state index is 6.22. The van der Waals surface area contributed by atoms with Gasteiger partial charge >= 0.3 is 0 Å². The van der Waals surface area contributed by atoms with Gasteiger partial charge in [0.05, 0.1) is 6.10 Å². The van der Waals surface area contributed by atoms with Crippen molar-refractivity contribution in [3.63, 3.8) is 0 Å². The fourth-order valence-corrected chi connectivity index (χ4v) is 2.93. The van der Waals surface area contributed by atoms with Crippen molar-refractivity contribution in [1.82, 2.24) is 0 Å². The normalized spacial score (nSPS) is 29.5. The number of hydrogen-bond donors (Lipinski definition) is 1. The lowest BCUT2D eigenvalue weighted by Gasteiger charge is -2.42. The van der Waals surface area contributed by atoms with Crippen molar-refractivity contribution >= 4 is 0 Å². The van der Waals surface area contributed by atoms with Gasteiger partial charge in [-0.05, 0) is 37.0 Å². The lowest BCUT2D eigenvalue weighted by molar-refractivity contribution is -0.0236. The van der Waals surface area contributed by atoms with Crippen molar-refractivity contribution in [3.8, 4) is 0 Å². The number of rotatable bonds is 7. The number of ether oxygens (including phenoxy) is 1. The predicted octanol–water partition coefficient (Wildman–Crippen LogP) is 4.13. The van der Waals surface area contributed by atoms with Crippen LogP contribution in [0.15, 0.2) is 0 Å². The van der Waals surface area contributed by atoms with E-state index in [-0.39, 0.29) is 6.04 Å². The minimum Gasteiger partial charge on any atom is -0.377 e. The van der Waals surface area contributed by atoms with Crippen LogP contribution < -0.4 is 5.73 Å². The Bertz CT molecular complexity index is 227. The van der Waals surface area contributed by atoms with Crippen LogP contribution in [0.4, 0.5) is 0 Å². The summed E-state index contributed by atoms with van der Waals surface area (Å²) in [7, 11) is 0. The van der Waals surface area contributed by atoms with E-state index in [4.69, 9.17) is 10.5 Å². The largest absolute Gasteiger partial charge is 0.377 e. The third-order valence-corrected chi connectivity index (χ3v) is 4.94. The molecule has 108 valence electrons. The third-order valence-electron chi connectivity index (χ3n) is 4.94. The molecule has 0 amide bonds. The lowest BCUT2D eigenvalue weighted by atomic mass is 9.68. The molecule has 1 aliphatic carbocycles. The Balaban J connectivity index is 2.41. The Kier molecular flexibility index (Phi) is 6.65. The molecule has 1 fully saturated rings. The van der Waals surface area contributed by atoms with Crippen LogP contribution in [0.2, 0.25) is 0 Å². The van der Waals surface area contributed by atoms with E-state index in [0.29, 0.717) is 11.5 Å². The summed E-state index contributed by atoms with van der Waals surface area (Å²) in [5.74, 6) is 0.776. The monoisotopic (exact) mass is 255 g/mol. The Morgan fingerprint density at radius 3 is 2.50 bits per heavy atom. The van der Waals surface area contributed by atoms with Gasteiger partial charge in [-0.2, -0.15) is 0 Å². The summed E-state index contributed by atoms with van der Waals surface area (Å²) < 4.78 is 6.04. The molecule has 0 heterocycles. The van der Waals surface area contributed by atoms with Crippen molar-refractivity contribution in [2.45, 2.75) is 84.8 Å². The molecule has 0 aromatic heterocycles. The number of hydrogen-bond acceptors (Lipinski definition) is 2. The molecule has 0 bridgehead atoms. The zero-order chi connectivity index (χ0) is 13.6. The van der Waals surface area contributed by atoms with Gasteiger partial charge in [-0.15, -0.1) is 0 Å². The molecular weight excluding hydrogens is 222 g/mol. The van der Waals surface area contributed by atoms with E-state index >= 15 is 0 Å². The molecule has 0 aromatic carbocycles. The first-order chi connectivity index (χ1) is 8.51. The second-order valence-electron chi connectivity index (χ2n) is 6.63. The van der Waals surface area contributed by atoms with E-state index in [1.807, 2.05) is 0 Å². The molecule has 0 radical (unpaired) electrons. The van der Waals surface area contributed by atoms with Crippen LogP contribution >= 0.6 is 0 Å². The van der Waals surface area contributed by atoms with E-state index in [0.717, 1.165) is 25.4 Å². The van der Waals surface area contributed by atoms with Gasteiger partial charge in [0.25, 0.3) is 0 Å². The second kappa shape index (κ2) is 7.49. The minimum atomic E-state index is 0.260. The Labute approximate surface area is 114 Å². The molecule has 1 aliphatic rings. The Morgan fingerprint density at radius 1 is 1.17 bits per heavy atom. The summed E-state index contributed by atoms with van der Waals surface area (Å²) >= 11 is 0. The van der Waals surface area contributed by atoms with Crippen LogP contribution in [0.25, 0.3) is 0 Å².